The van der Waals surface area contributed by atoms with Crippen molar-refractivity contribution in [3.05, 3.63) is 107 Å². The molecule has 0 saturated carbocycles. The van der Waals surface area contributed by atoms with Crippen molar-refractivity contribution in [3.8, 4) is 0 Å². The molecule has 1 unspecified atom stereocenters. The predicted molar refractivity (Wildman–Crippen MR) is 104 cm³/mol. The van der Waals surface area contributed by atoms with Crippen LogP contribution in [0.5, 0.6) is 0 Å². The Morgan fingerprint density at radius 2 is 1.52 bits per heavy atom. The molecule has 0 bridgehead atoms. The highest BCUT2D eigenvalue weighted by atomic mass is 16.1. The van der Waals surface area contributed by atoms with Gasteiger partial charge in [0.25, 0.3) is 0 Å². The number of benzene rings is 3. The molecule has 0 aliphatic rings. The quantitative estimate of drug-likeness (QED) is 0.487. The van der Waals surface area contributed by atoms with Crippen LogP contribution in [-0.2, 0) is 6.42 Å². The molecule has 3 rings (SSSR count). The second kappa shape index (κ2) is 8.43. The Hall–Kier alpha value is -2.67. The minimum absolute atomic E-state index is 0.0778. The normalized spacial score (nSPS) is 11.9. The van der Waals surface area contributed by atoms with E-state index in [1.165, 1.54) is 11.1 Å². The van der Waals surface area contributed by atoms with Crippen LogP contribution in [0.1, 0.15) is 45.8 Å². The third kappa shape index (κ3) is 4.67. The molecule has 3 aromatic carbocycles. The van der Waals surface area contributed by atoms with Crippen molar-refractivity contribution in [1.82, 2.24) is 0 Å². The van der Waals surface area contributed by atoms with E-state index < -0.39 is 0 Å². The molecule has 0 saturated heterocycles. The molecule has 3 aromatic rings. The first kappa shape index (κ1) is 17.2. The molecule has 0 amide bonds. The van der Waals surface area contributed by atoms with E-state index in [1.807, 2.05) is 42.5 Å². The molecule has 25 heavy (non-hydrogen) atoms. The maximum absolute atomic E-state index is 13.1. The fraction of sp³-hybridized carbons (Fsp3) is 0.208. The summed E-state index contributed by atoms with van der Waals surface area (Å²) in [6.45, 7) is 2.08. The maximum atomic E-state index is 13.1. The van der Waals surface area contributed by atoms with E-state index in [9.17, 15) is 4.79 Å². The molecule has 0 N–H and O–H groups in total. The van der Waals surface area contributed by atoms with E-state index >= 15 is 0 Å². The number of hydrogen-bond donors (Lipinski definition) is 0. The number of carbonyl (C=O) groups is 1. The largest absolute Gasteiger partial charge is 0.293 e. The highest BCUT2D eigenvalue weighted by molar-refractivity contribution is 6.00. The lowest BCUT2D eigenvalue weighted by Crippen LogP contribution is -2.13. The molecule has 126 valence electrons. The monoisotopic (exact) mass is 328 g/mol. The number of Topliss-reactive ketones (excluding diaryl/α,β-unsaturated/α-hetero) is 1. The van der Waals surface area contributed by atoms with Crippen molar-refractivity contribution in [2.45, 2.75) is 32.1 Å². The second-order valence-corrected chi connectivity index (χ2v) is 6.57. The average molecular weight is 328 g/mol. The summed E-state index contributed by atoms with van der Waals surface area (Å²) >= 11 is 0. The van der Waals surface area contributed by atoms with Gasteiger partial charge in [-0.1, -0.05) is 90.5 Å². The Bertz CT molecular complexity index is 806. The minimum atomic E-state index is -0.0778. The third-order valence-electron chi connectivity index (χ3n) is 4.62. The van der Waals surface area contributed by atoms with E-state index in [4.69, 9.17) is 0 Å². The SMILES string of the molecule is Cc1cccc(C(CCCc2ccccc2)C(=O)c2ccccc2)c1. The zero-order valence-corrected chi connectivity index (χ0v) is 14.7. The standard InChI is InChI=1S/C24H24O/c1-19-10-8-16-22(18-19)23(24(25)21-14-6-3-7-15-21)17-9-13-20-11-4-2-5-12-20/h2-8,10-12,14-16,18,23H,9,13,17H2,1H3. The van der Waals surface area contributed by atoms with Crippen molar-refractivity contribution in [2.24, 2.45) is 0 Å². The van der Waals surface area contributed by atoms with Crippen LogP contribution < -0.4 is 0 Å². The summed E-state index contributed by atoms with van der Waals surface area (Å²) in [6.07, 6.45) is 2.87. The molecule has 0 aromatic heterocycles. The van der Waals surface area contributed by atoms with Gasteiger partial charge in [-0.25, -0.2) is 0 Å². The Labute approximate surface area is 150 Å². The van der Waals surface area contributed by atoms with Gasteiger partial charge in [0.2, 0.25) is 0 Å². The summed E-state index contributed by atoms with van der Waals surface area (Å²) in [5, 5.41) is 0. The van der Waals surface area contributed by atoms with Crippen LogP contribution >= 0.6 is 0 Å². The molecule has 0 fully saturated rings. The van der Waals surface area contributed by atoms with Crippen LogP contribution in [0.25, 0.3) is 0 Å². The molecular weight excluding hydrogens is 304 g/mol. The average Bonchev–Trinajstić information content (AvgIpc) is 2.66. The van der Waals surface area contributed by atoms with Crippen molar-refractivity contribution in [2.75, 3.05) is 0 Å². The number of rotatable bonds is 7. The minimum Gasteiger partial charge on any atom is -0.293 e. The van der Waals surface area contributed by atoms with Gasteiger partial charge in [-0.15, -0.1) is 0 Å². The molecule has 0 aliphatic heterocycles. The summed E-state index contributed by atoms with van der Waals surface area (Å²) < 4.78 is 0. The van der Waals surface area contributed by atoms with Crippen LogP contribution in [-0.4, -0.2) is 5.78 Å². The lowest BCUT2D eigenvalue weighted by molar-refractivity contribution is 0.0954. The van der Waals surface area contributed by atoms with Gasteiger partial charge in [0.05, 0.1) is 0 Å². The van der Waals surface area contributed by atoms with Crippen LogP contribution in [0.4, 0.5) is 0 Å². The first-order valence-corrected chi connectivity index (χ1v) is 8.94. The smallest absolute Gasteiger partial charge is 0.170 e. The topological polar surface area (TPSA) is 17.1 Å². The van der Waals surface area contributed by atoms with Gasteiger partial charge < -0.3 is 0 Å². The zero-order chi connectivity index (χ0) is 17.5. The zero-order valence-electron chi connectivity index (χ0n) is 14.7. The molecule has 0 radical (unpaired) electrons. The van der Waals surface area contributed by atoms with Gasteiger partial charge in [-0.3, -0.25) is 4.79 Å². The first-order chi connectivity index (χ1) is 12.2. The lowest BCUT2D eigenvalue weighted by atomic mass is 9.85. The number of aryl methyl sites for hydroxylation is 2. The summed E-state index contributed by atoms with van der Waals surface area (Å²) in [4.78, 5) is 13.1. The van der Waals surface area contributed by atoms with Crippen molar-refractivity contribution in [1.29, 1.82) is 0 Å². The fourth-order valence-electron chi connectivity index (χ4n) is 3.29. The molecule has 1 nitrogen and oxygen atoms in total. The first-order valence-electron chi connectivity index (χ1n) is 8.94. The van der Waals surface area contributed by atoms with Gasteiger partial charge >= 0.3 is 0 Å². The van der Waals surface area contributed by atoms with E-state index in [-0.39, 0.29) is 11.7 Å². The van der Waals surface area contributed by atoms with Crippen molar-refractivity contribution < 1.29 is 4.79 Å². The highest BCUT2D eigenvalue weighted by Crippen LogP contribution is 2.27. The molecule has 1 atom stereocenters. The van der Waals surface area contributed by atoms with E-state index in [0.29, 0.717) is 0 Å². The van der Waals surface area contributed by atoms with Gasteiger partial charge in [-0.05, 0) is 37.3 Å². The third-order valence-corrected chi connectivity index (χ3v) is 4.62. The molecule has 1 heteroatoms. The van der Waals surface area contributed by atoms with Crippen LogP contribution in [0.3, 0.4) is 0 Å². The van der Waals surface area contributed by atoms with Crippen LogP contribution in [0.15, 0.2) is 84.9 Å². The summed E-state index contributed by atoms with van der Waals surface area (Å²) in [6, 6.07) is 28.5. The number of carbonyl (C=O) groups excluding carboxylic acids is 1. The lowest BCUT2D eigenvalue weighted by Gasteiger charge is -2.17. The van der Waals surface area contributed by atoms with Crippen molar-refractivity contribution in [3.63, 3.8) is 0 Å². The van der Waals surface area contributed by atoms with Crippen LogP contribution in [0.2, 0.25) is 0 Å². The van der Waals surface area contributed by atoms with Gasteiger partial charge in [0.1, 0.15) is 0 Å². The Balaban J connectivity index is 1.78. The Morgan fingerprint density at radius 1 is 0.840 bits per heavy atom. The van der Waals surface area contributed by atoms with Crippen LogP contribution in [0, 0.1) is 6.92 Å². The van der Waals surface area contributed by atoms with Gasteiger partial charge in [0.15, 0.2) is 5.78 Å². The predicted octanol–water partition coefficient (Wildman–Crippen LogP) is 5.98. The summed E-state index contributed by atoms with van der Waals surface area (Å²) in [5.41, 5.74) is 4.46. The number of ketones is 1. The molecular formula is C24H24O. The van der Waals surface area contributed by atoms with Gasteiger partial charge in [0, 0.05) is 11.5 Å². The maximum Gasteiger partial charge on any atom is 0.170 e. The van der Waals surface area contributed by atoms with E-state index in [0.717, 1.165) is 30.4 Å². The second-order valence-electron chi connectivity index (χ2n) is 6.57. The fourth-order valence-corrected chi connectivity index (χ4v) is 3.29. The Morgan fingerprint density at radius 3 is 2.20 bits per heavy atom. The highest BCUT2D eigenvalue weighted by Gasteiger charge is 2.21. The molecule has 0 heterocycles. The molecule has 0 aliphatic carbocycles. The van der Waals surface area contributed by atoms with E-state index in [2.05, 4.69) is 49.4 Å². The molecule has 0 spiro atoms. The van der Waals surface area contributed by atoms with E-state index in [1.54, 1.807) is 0 Å². The number of hydrogen-bond acceptors (Lipinski definition) is 1. The summed E-state index contributed by atoms with van der Waals surface area (Å²) in [7, 11) is 0. The Kier molecular flexibility index (Phi) is 5.79. The summed E-state index contributed by atoms with van der Waals surface area (Å²) in [5.74, 6) is 0.144. The van der Waals surface area contributed by atoms with Gasteiger partial charge in [-0.2, -0.15) is 0 Å². The van der Waals surface area contributed by atoms with Crippen molar-refractivity contribution >= 4 is 5.78 Å².